The topological polar surface area (TPSA) is 53.0 Å². The molecule has 5 heteroatoms. The maximum Gasteiger partial charge on any atom is 0.225 e. The highest BCUT2D eigenvalue weighted by Crippen LogP contribution is 2.22. The molecule has 0 aromatic heterocycles. The summed E-state index contributed by atoms with van der Waals surface area (Å²) < 4.78 is 5.84. The summed E-state index contributed by atoms with van der Waals surface area (Å²) in [6.45, 7) is 6.69. The second-order valence-corrected chi connectivity index (χ2v) is 7.38. The van der Waals surface area contributed by atoms with Gasteiger partial charge in [0.15, 0.2) is 0 Å². The van der Waals surface area contributed by atoms with Gasteiger partial charge in [-0.15, -0.1) is 0 Å². The summed E-state index contributed by atoms with van der Waals surface area (Å²) in [5.41, 5.74) is 1.30. The standard InChI is InChI=1S/C20H30N2O3/c1-16(23)18-7-9-22(10-8-18)20(24)13-19-15-21(11-12-25-19)14-17-5-3-2-4-6-17/h2-6,16,18-19,23H,7-15H2,1H3. The van der Waals surface area contributed by atoms with E-state index in [4.69, 9.17) is 4.74 Å². The number of aliphatic hydroxyl groups excluding tert-OH is 1. The fourth-order valence-corrected chi connectivity index (χ4v) is 3.84. The smallest absolute Gasteiger partial charge is 0.225 e. The van der Waals surface area contributed by atoms with Gasteiger partial charge in [-0.1, -0.05) is 30.3 Å². The third-order valence-electron chi connectivity index (χ3n) is 5.45. The van der Waals surface area contributed by atoms with E-state index in [1.165, 1.54) is 5.56 Å². The zero-order chi connectivity index (χ0) is 17.6. The van der Waals surface area contributed by atoms with Crippen LogP contribution in [0.4, 0.5) is 0 Å². The minimum atomic E-state index is -0.273. The van der Waals surface area contributed by atoms with Crippen LogP contribution in [0.5, 0.6) is 0 Å². The lowest BCUT2D eigenvalue weighted by Crippen LogP contribution is -2.46. The number of hydrogen-bond donors (Lipinski definition) is 1. The maximum absolute atomic E-state index is 12.6. The van der Waals surface area contributed by atoms with E-state index >= 15 is 0 Å². The Morgan fingerprint density at radius 3 is 2.64 bits per heavy atom. The lowest BCUT2D eigenvalue weighted by molar-refractivity contribution is -0.138. The molecule has 0 radical (unpaired) electrons. The second-order valence-electron chi connectivity index (χ2n) is 7.38. The Hall–Kier alpha value is -1.43. The average Bonchev–Trinajstić information content (AvgIpc) is 2.63. The number of piperidine rings is 1. The number of morpholine rings is 1. The monoisotopic (exact) mass is 346 g/mol. The molecule has 1 amide bonds. The van der Waals surface area contributed by atoms with E-state index < -0.39 is 0 Å². The Balaban J connectivity index is 1.45. The summed E-state index contributed by atoms with van der Waals surface area (Å²) in [4.78, 5) is 16.9. The molecule has 2 unspecified atom stereocenters. The predicted octanol–water partition coefficient (Wildman–Crippen LogP) is 1.90. The molecular weight excluding hydrogens is 316 g/mol. The van der Waals surface area contributed by atoms with Crippen LogP contribution in [0.3, 0.4) is 0 Å². The molecule has 2 aliphatic heterocycles. The van der Waals surface area contributed by atoms with E-state index in [-0.39, 0.29) is 18.1 Å². The van der Waals surface area contributed by atoms with Crippen LogP contribution >= 0.6 is 0 Å². The largest absolute Gasteiger partial charge is 0.393 e. The minimum Gasteiger partial charge on any atom is -0.393 e. The maximum atomic E-state index is 12.6. The molecule has 2 heterocycles. The number of benzene rings is 1. The Morgan fingerprint density at radius 2 is 1.96 bits per heavy atom. The third kappa shape index (κ3) is 5.27. The van der Waals surface area contributed by atoms with Gasteiger partial charge in [-0.2, -0.15) is 0 Å². The summed E-state index contributed by atoms with van der Waals surface area (Å²) in [6.07, 6.45) is 1.97. The van der Waals surface area contributed by atoms with Crippen LogP contribution < -0.4 is 0 Å². The SMILES string of the molecule is CC(O)C1CCN(C(=O)CC2CN(Cc3ccccc3)CCO2)CC1. The van der Waals surface area contributed by atoms with Gasteiger partial charge in [0.2, 0.25) is 5.91 Å². The molecule has 2 fully saturated rings. The van der Waals surface area contributed by atoms with Crippen molar-refractivity contribution < 1.29 is 14.6 Å². The lowest BCUT2D eigenvalue weighted by Gasteiger charge is -2.36. The van der Waals surface area contributed by atoms with E-state index in [2.05, 4.69) is 29.2 Å². The molecule has 0 bridgehead atoms. The molecular formula is C20H30N2O3. The highest BCUT2D eigenvalue weighted by atomic mass is 16.5. The number of carbonyl (C=O) groups excluding carboxylic acids is 1. The number of aliphatic hydroxyl groups is 1. The number of amides is 1. The van der Waals surface area contributed by atoms with Crippen molar-refractivity contribution >= 4 is 5.91 Å². The van der Waals surface area contributed by atoms with Gasteiger partial charge in [0.05, 0.1) is 25.2 Å². The molecule has 1 aromatic carbocycles. The first-order chi connectivity index (χ1) is 12.1. The first-order valence-corrected chi connectivity index (χ1v) is 9.45. The average molecular weight is 346 g/mol. The van der Waals surface area contributed by atoms with Gasteiger partial charge in [-0.3, -0.25) is 9.69 Å². The predicted molar refractivity (Wildman–Crippen MR) is 97.1 cm³/mol. The van der Waals surface area contributed by atoms with Gasteiger partial charge >= 0.3 is 0 Å². The summed E-state index contributed by atoms with van der Waals surface area (Å²) in [6, 6.07) is 10.4. The van der Waals surface area contributed by atoms with Crippen molar-refractivity contribution in [2.75, 3.05) is 32.8 Å². The summed E-state index contributed by atoms with van der Waals surface area (Å²) in [7, 11) is 0. The number of ether oxygens (including phenoxy) is 1. The molecule has 25 heavy (non-hydrogen) atoms. The molecule has 2 saturated heterocycles. The van der Waals surface area contributed by atoms with Crippen LogP contribution in [0.2, 0.25) is 0 Å². The summed E-state index contributed by atoms with van der Waals surface area (Å²) >= 11 is 0. The molecule has 138 valence electrons. The molecule has 3 rings (SSSR count). The fourth-order valence-electron chi connectivity index (χ4n) is 3.84. The first kappa shape index (κ1) is 18.4. The highest BCUT2D eigenvalue weighted by Gasteiger charge is 2.28. The zero-order valence-electron chi connectivity index (χ0n) is 15.1. The van der Waals surface area contributed by atoms with Crippen LogP contribution in [-0.2, 0) is 16.1 Å². The van der Waals surface area contributed by atoms with Gasteiger partial charge in [-0.25, -0.2) is 0 Å². The van der Waals surface area contributed by atoms with Gasteiger partial charge in [0.25, 0.3) is 0 Å². The Morgan fingerprint density at radius 1 is 1.24 bits per heavy atom. The van der Waals surface area contributed by atoms with Crippen molar-refractivity contribution in [3.63, 3.8) is 0 Å². The molecule has 2 atom stereocenters. The van der Waals surface area contributed by atoms with Gasteiger partial charge in [0, 0.05) is 32.7 Å². The minimum absolute atomic E-state index is 0.0144. The zero-order valence-corrected chi connectivity index (χ0v) is 15.1. The Bertz CT molecular complexity index is 541. The van der Waals surface area contributed by atoms with Crippen molar-refractivity contribution in [1.29, 1.82) is 0 Å². The van der Waals surface area contributed by atoms with E-state index in [1.807, 2.05) is 17.9 Å². The fraction of sp³-hybridized carbons (Fsp3) is 0.650. The van der Waals surface area contributed by atoms with E-state index in [0.717, 1.165) is 45.6 Å². The Labute approximate surface area is 150 Å². The van der Waals surface area contributed by atoms with Crippen molar-refractivity contribution in [3.8, 4) is 0 Å². The van der Waals surface area contributed by atoms with Gasteiger partial charge < -0.3 is 14.7 Å². The summed E-state index contributed by atoms with van der Waals surface area (Å²) in [5.74, 6) is 0.520. The van der Waals surface area contributed by atoms with Crippen molar-refractivity contribution in [3.05, 3.63) is 35.9 Å². The highest BCUT2D eigenvalue weighted by molar-refractivity contribution is 5.76. The van der Waals surface area contributed by atoms with Crippen LogP contribution in [0.1, 0.15) is 31.7 Å². The summed E-state index contributed by atoms with van der Waals surface area (Å²) in [5, 5.41) is 9.68. The number of rotatable bonds is 5. The lowest BCUT2D eigenvalue weighted by atomic mass is 9.92. The molecule has 5 nitrogen and oxygen atoms in total. The molecule has 0 aliphatic carbocycles. The van der Waals surface area contributed by atoms with Crippen LogP contribution in [-0.4, -0.2) is 65.8 Å². The molecule has 0 spiro atoms. The normalized spacial score (nSPS) is 24.2. The van der Waals surface area contributed by atoms with Crippen LogP contribution in [0.25, 0.3) is 0 Å². The molecule has 2 aliphatic rings. The number of likely N-dealkylation sites (tertiary alicyclic amines) is 1. The van der Waals surface area contributed by atoms with Crippen LogP contribution in [0, 0.1) is 5.92 Å². The van der Waals surface area contributed by atoms with Crippen molar-refractivity contribution in [2.24, 2.45) is 5.92 Å². The number of hydrogen-bond acceptors (Lipinski definition) is 4. The second kappa shape index (κ2) is 8.79. The van der Waals surface area contributed by atoms with E-state index in [9.17, 15) is 9.90 Å². The number of carbonyl (C=O) groups is 1. The van der Waals surface area contributed by atoms with Crippen LogP contribution in [0.15, 0.2) is 30.3 Å². The Kier molecular flexibility index (Phi) is 6.45. The third-order valence-corrected chi connectivity index (χ3v) is 5.45. The first-order valence-electron chi connectivity index (χ1n) is 9.45. The van der Waals surface area contributed by atoms with E-state index in [1.54, 1.807) is 0 Å². The molecule has 0 saturated carbocycles. The quantitative estimate of drug-likeness (QED) is 0.885. The van der Waals surface area contributed by atoms with Gasteiger partial charge in [-0.05, 0) is 31.2 Å². The van der Waals surface area contributed by atoms with E-state index in [0.29, 0.717) is 18.9 Å². The number of nitrogens with zero attached hydrogens (tertiary/aromatic N) is 2. The van der Waals surface area contributed by atoms with Crippen molar-refractivity contribution in [2.45, 2.75) is 44.9 Å². The molecule has 1 N–H and O–H groups in total. The molecule has 1 aromatic rings. The van der Waals surface area contributed by atoms with Crippen molar-refractivity contribution in [1.82, 2.24) is 9.80 Å². The van der Waals surface area contributed by atoms with Gasteiger partial charge in [0.1, 0.15) is 0 Å².